The van der Waals surface area contributed by atoms with Crippen LogP contribution in [0.3, 0.4) is 0 Å². The minimum atomic E-state index is -1.06. The number of hydrogen-bond donors (Lipinski definition) is 0. The van der Waals surface area contributed by atoms with Crippen molar-refractivity contribution in [2.75, 3.05) is 13.2 Å². The number of ether oxygens (including phenoxy) is 4. The largest absolute Gasteiger partial charge is 0.462 e. The third-order valence-corrected chi connectivity index (χ3v) is 13.7. The van der Waals surface area contributed by atoms with Crippen LogP contribution in [0, 0.1) is 0 Å². The summed E-state index contributed by atoms with van der Waals surface area (Å²) in [5.41, 5.74) is 0. The minimum absolute atomic E-state index is 0.234. The Balaban J connectivity index is 5.38. The summed E-state index contributed by atoms with van der Waals surface area (Å²) in [6, 6.07) is 0. The molecule has 0 saturated carbocycles. The van der Waals surface area contributed by atoms with Crippen LogP contribution in [0.1, 0.15) is 336 Å². The summed E-state index contributed by atoms with van der Waals surface area (Å²) >= 11 is 0. The standard InChI is InChI=1S/C60H114O8/c1-5-9-13-17-21-25-29-33-37-41-45-49-57(61)65-53-55(67-59(63)51-47-43-39-35-31-27-23-19-15-11-7-3)56(68-60(64)52-48-44-40-36-32-28-24-20-16-12-8-4)54-66-58(62)50-46-42-38-34-30-26-22-18-14-10-6-2/h55-56H,5-54H2,1-4H3/t55-,56+. The first-order valence-corrected chi connectivity index (χ1v) is 30.1. The second-order valence-corrected chi connectivity index (χ2v) is 20.6. The summed E-state index contributed by atoms with van der Waals surface area (Å²) in [5.74, 6) is -1.53. The van der Waals surface area contributed by atoms with Crippen LogP contribution in [0.4, 0.5) is 0 Å². The molecule has 402 valence electrons. The fourth-order valence-corrected chi connectivity index (χ4v) is 9.12. The van der Waals surface area contributed by atoms with Gasteiger partial charge in [-0.2, -0.15) is 0 Å². The molecule has 0 amide bonds. The van der Waals surface area contributed by atoms with E-state index in [1.54, 1.807) is 0 Å². The van der Waals surface area contributed by atoms with Gasteiger partial charge in [0.1, 0.15) is 13.2 Å². The van der Waals surface area contributed by atoms with E-state index in [1.165, 1.54) is 205 Å². The van der Waals surface area contributed by atoms with E-state index < -0.39 is 24.1 Å². The third kappa shape index (κ3) is 48.9. The van der Waals surface area contributed by atoms with Crippen molar-refractivity contribution in [2.45, 2.75) is 348 Å². The van der Waals surface area contributed by atoms with Crippen molar-refractivity contribution in [2.24, 2.45) is 0 Å². The molecule has 8 heteroatoms. The Hall–Kier alpha value is -2.12. The molecule has 0 fully saturated rings. The van der Waals surface area contributed by atoms with Crippen molar-refractivity contribution in [3.63, 3.8) is 0 Å². The van der Waals surface area contributed by atoms with Gasteiger partial charge in [-0.15, -0.1) is 0 Å². The second-order valence-electron chi connectivity index (χ2n) is 20.6. The van der Waals surface area contributed by atoms with Gasteiger partial charge in [-0.1, -0.05) is 285 Å². The SMILES string of the molecule is CCCCCCCCCCCCCC(=O)OC[C@H](OC(=O)CCCCCCCCCCCCC)[C@@H](COC(=O)CCCCCCCCCCCCC)OC(=O)CCCCCCCCCCCCC. The monoisotopic (exact) mass is 963 g/mol. The van der Waals surface area contributed by atoms with E-state index in [9.17, 15) is 19.2 Å². The average molecular weight is 964 g/mol. The molecule has 0 aliphatic rings. The Kier molecular flexibility index (Phi) is 52.5. The van der Waals surface area contributed by atoms with Crippen LogP contribution in [0.25, 0.3) is 0 Å². The molecule has 0 N–H and O–H groups in total. The molecule has 0 spiro atoms. The van der Waals surface area contributed by atoms with Crippen LogP contribution >= 0.6 is 0 Å². The third-order valence-electron chi connectivity index (χ3n) is 13.7. The Morgan fingerprint density at radius 1 is 0.235 bits per heavy atom. The second kappa shape index (κ2) is 54.2. The minimum Gasteiger partial charge on any atom is -0.462 e. The molecule has 0 aliphatic heterocycles. The molecule has 0 aromatic heterocycles. The number of carbonyl (C=O) groups excluding carboxylic acids is 4. The molecule has 0 aromatic carbocycles. The zero-order chi connectivity index (χ0) is 49.6. The first-order valence-electron chi connectivity index (χ1n) is 30.1. The maximum absolute atomic E-state index is 13.4. The molecule has 0 bridgehead atoms. The van der Waals surface area contributed by atoms with E-state index in [0.717, 1.165) is 64.2 Å². The topological polar surface area (TPSA) is 105 Å². The number of unbranched alkanes of at least 4 members (excludes halogenated alkanes) is 40. The van der Waals surface area contributed by atoms with Gasteiger partial charge in [-0.05, 0) is 25.7 Å². The van der Waals surface area contributed by atoms with Gasteiger partial charge >= 0.3 is 23.9 Å². The van der Waals surface area contributed by atoms with Gasteiger partial charge in [0.15, 0.2) is 12.2 Å². The summed E-state index contributed by atoms with van der Waals surface area (Å²) in [7, 11) is 0. The Morgan fingerprint density at radius 2 is 0.397 bits per heavy atom. The molecule has 2 atom stereocenters. The van der Waals surface area contributed by atoms with Crippen LogP contribution in [-0.4, -0.2) is 49.3 Å². The smallest absolute Gasteiger partial charge is 0.306 e. The van der Waals surface area contributed by atoms with Gasteiger partial charge in [0, 0.05) is 25.7 Å². The van der Waals surface area contributed by atoms with Crippen LogP contribution in [0.15, 0.2) is 0 Å². The molecule has 0 aromatic rings. The molecular weight excluding hydrogens is 849 g/mol. The zero-order valence-corrected chi connectivity index (χ0v) is 45.8. The number of hydrogen-bond acceptors (Lipinski definition) is 8. The average Bonchev–Trinajstić information content (AvgIpc) is 3.33. The van der Waals surface area contributed by atoms with E-state index in [4.69, 9.17) is 18.9 Å². The lowest BCUT2D eigenvalue weighted by molar-refractivity contribution is -0.183. The maximum Gasteiger partial charge on any atom is 0.306 e. The summed E-state index contributed by atoms with van der Waals surface area (Å²) < 4.78 is 23.5. The molecular formula is C60H114O8. The van der Waals surface area contributed by atoms with E-state index in [1.807, 2.05) is 0 Å². The Bertz CT molecular complexity index is 1010. The molecule has 0 aliphatic carbocycles. The fraction of sp³-hybridized carbons (Fsp3) is 0.933. The van der Waals surface area contributed by atoms with Crippen LogP contribution < -0.4 is 0 Å². The lowest BCUT2D eigenvalue weighted by Gasteiger charge is -2.27. The summed E-state index contributed by atoms with van der Waals surface area (Å²) in [6.45, 7) is 8.51. The fourth-order valence-electron chi connectivity index (χ4n) is 9.12. The van der Waals surface area contributed by atoms with Crippen molar-refractivity contribution >= 4 is 23.9 Å². The van der Waals surface area contributed by atoms with E-state index in [-0.39, 0.29) is 50.8 Å². The first kappa shape index (κ1) is 65.9. The lowest BCUT2D eigenvalue weighted by atomic mass is 10.1. The number of rotatable bonds is 55. The Labute approximate surface area is 421 Å². The zero-order valence-electron chi connectivity index (χ0n) is 45.8. The van der Waals surface area contributed by atoms with Crippen molar-refractivity contribution in [3.05, 3.63) is 0 Å². The number of carbonyl (C=O) groups is 4. The number of esters is 4. The van der Waals surface area contributed by atoms with Crippen molar-refractivity contribution in [1.29, 1.82) is 0 Å². The Morgan fingerprint density at radius 3 is 0.588 bits per heavy atom. The van der Waals surface area contributed by atoms with Gasteiger partial charge in [0.05, 0.1) is 0 Å². The van der Waals surface area contributed by atoms with Gasteiger partial charge < -0.3 is 18.9 Å². The lowest BCUT2D eigenvalue weighted by Crippen LogP contribution is -2.42. The molecule has 0 radical (unpaired) electrons. The van der Waals surface area contributed by atoms with Crippen molar-refractivity contribution < 1.29 is 38.1 Å². The van der Waals surface area contributed by atoms with E-state index in [2.05, 4.69) is 27.7 Å². The van der Waals surface area contributed by atoms with Crippen LogP contribution in [0.5, 0.6) is 0 Å². The van der Waals surface area contributed by atoms with Crippen LogP contribution in [0.2, 0.25) is 0 Å². The van der Waals surface area contributed by atoms with E-state index in [0.29, 0.717) is 12.8 Å². The summed E-state index contributed by atoms with van der Waals surface area (Å²) in [6.07, 6.45) is 51.0. The van der Waals surface area contributed by atoms with Gasteiger partial charge in [-0.3, -0.25) is 19.2 Å². The highest BCUT2D eigenvalue weighted by Crippen LogP contribution is 2.19. The summed E-state index contributed by atoms with van der Waals surface area (Å²) in [5, 5.41) is 0. The van der Waals surface area contributed by atoms with E-state index >= 15 is 0 Å². The highest BCUT2D eigenvalue weighted by atomic mass is 16.6. The molecule has 68 heavy (non-hydrogen) atoms. The molecule has 0 unspecified atom stereocenters. The maximum atomic E-state index is 13.4. The molecule has 0 heterocycles. The van der Waals surface area contributed by atoms with Crippen molar-refractivity contribution in [1.82, 2.24) is 0 Å². The molecule has 0 rings (SSSR count). The highest BCUT2D eigenvalue weighted by molar-refractivity contribution is 5.72. The van der Waals surface area contributed by atoms with Gasteiger partial charge in [0.25, 0.3) is 0 Å². The predicted octanol–water partition coefficient (Wildman–Crippen LogP) is 18.7. The highest BCUT2D eigenvalue weighted by Gasteiger charge is 2.32. The van der Waals surface area contributed by atoms with Gasteiger partial charge in [-0.25, -0.2) is 0 Å². The quantitative estimate of drug-likeness (QED) is 0.0337. The normalized spacial score (nSPS) is 12.2. The van der Waals surface area contributed by atoms with Crippen LogP contribution in [-0.2, 0) is 38.1 Å². The first-order chi connectivity index (χ1) is 33.4. The van der Waals surface area contributed by atoms with Gasteiger partial charge in [0.2, 0.25) is 0 Å². The molecule has 0 saturated heterocycles. The van der Waals surface area contributed by atoms with Crippen molar-refractivity contribution in [3.8, 4) is 0 Å². The summed E-state index contributed by atoms with van der Waals surface area (Å²) in [4.78, 5) is 52.8. The predicted molar refractivity (Wildman–Crippen MR) is 286 cm³/mol. The molecule has 8 nitrogen and oxygen atoms in total.